The van der Waals surface area contributed by atoms with E-state index in [4.69, 9.17) is 4.42 Å². The van der Waals surface area contributed by atoms with Crippen LogP contribution in [-0.4, -0.2) is 34.6 Å². The van der Waals surface area contributed by atoms with Crippen molar-refractivity contribution in [3.8, 4) is 11.5 Å². The molecule has 0 saturated heterocycles. The monoisotopic (exact) mass is 247 g/mol. The highest BCUT2D eigenvalue weighted by molar-refractivity contribution is 5.93. The van der Waals surface area contributed by atoms with Crippen molar-refractivity contribution < 1.29 is 9.21 Å². The van der Waals surface area contributed by atoms with E-state index in [0.29, 0.717) is 17.1 Å². The number of carbonyl (C=O) groups excluding carboxylic acids is 1. The van der Waals surface area contributed by atoms with E-state index in [-0.39, 0.29) is 5.91 Å². The molecule has 0 fully saturated rings. The second-order valence-corrected chi connectivity index (χ2v) is 4.22. The lowest BCUT2D eigenvalue weighted by Crippen LogP contribution is -2.27. The van der Waals surface area contributed by atoms with E-state index in [2.05, 4.69) is 17.1 Å². The lowest BCUT2D eigenvalue weighted by Gasteiger charge is -2.14. The van der Waals surface area contributed by atoms with Gasteiger partial charge in [0.1, 0.15) is 5.69 Å². The normalized spacial score (nSPS) is 10.6. The molecule has 0 aliphatic carbocycles. The number of nitrogens with one attached hydrogen (secondary N) is 1. The van der Waals surface area contributed by atoms with Gasteiger partial charge in [-0.1, -0.05) is 13.3 Å². The van der Waals surface area contributed by atoms with E-state index < -0.39 is 0 Å². The van der Waals surface area contributed by atoms with Gasteiger partial charge in [0, 0.05) is 19.7 Å². The van der Waals surface area contributed by atoms with Crippen LogP contribution in [0.2, 0.25) is 0 Å². The summed E-state index contributed by atoms with van der Waals surface area (Å²) in [6.07, 6.45) is 3.65. The van der Waals surface area contributed by atoms with Gasteiger partial charge >= 0.3 is 0 Å². The first-order chi connectivity index (χ1) is 8.72. The van der Waals surface area contributed by atoms with Crippen LogP contribution in [-0.2, 0) is 0 Å². The van der Waals surface area contributed by atoms with Crippen molar-refractivity contribution in [2.75, 3.05) is 13.6 Å². The summed E-state index contributed by atoms with van der Waals surface area (Å²) in [7, 11) is 1.79. The Labute approximate surface area is 106 Å². The van der Waals surface area contributed by atoms with E-state index in [1.807, 2.05) is 6.07 Å². The van der Waals surface area contributed by atoms with Crippen molar-refractivity contribution in [3.63, 3.8) is 0 Å². The van der Waals surface area contributed by atoms with Gasteiger partial charge in [-0.15, -0.1) is 0 Å². The van der Waals surface area contributed by atoms with Crippen molar-refractivity contribution >= 4 is 5.91 Å². The third kappa shape index (κ3) is 2.61. The summed E-state index contributed by atoms with van der Waals surface area (Å²) in [5.41, 5.74) is 1.13. The molecule has 0 saturated carbocycles. The molecular formula is C13H17N3O2. The zero-order valence-electron chi connectivity index (χ0n) is 10.6. The first-order valence-electron chi connectivity index (χ1n) is 6.07. The van der Waals surface area contributed by atoms with Crippen LogP contribution in [0.1, 0.15) is 30.3 Å². The topological polar surface area (TPSA) is 62.1 Å². The molecular weight excluding hydrogens is 230 g/mol. The van der Waals surface area contributed by atoms with Crippen LogP contribution < -0.4 is 0 Å². The minimum absolute atomic E-state index is 0.0718. The van der Waals surface area contributed by atoms with Crippen LogP contribution in [0.25, 0.3) is 11.5 Å². The SMILES string of the molecule is CCCCN(C)C(=O)c1cc(-c2ccco2)[nH]n1. The number of aromatic nitrogens is 2. The first-order valence-corrected chi connectivity index (χ1v) is 6.07. The number of rotatable bonds is 5. The van der Waals surface area contributed by atoms with Gasteiger partial charge in [-0.05, 0) is 18.6 Å². The van der Waals surface area contributed by atoms with Crippen molar-refractivity contribution in [1.82, 2.24) is 15.1 Å². The largest absolute Gasteiger partial charge is 0.463 e. The van der Waals surface area contributed by atoms with E-state index in [9.17, 15) is 4.79 Å². The number of carbonyl (C=O) groups is 1. The highest BCUT2D eigenvalue weighted by Gasteiger charge is 2.16. The third-order valence-electron chi connectivity index (χ3n) is 2.78. The predicted octanol–water partition coefficient (Wildman–Crippen LogP) is 2.54. The van der Waals surface area contributed by atoms with Crippen LogP contribution in [0.3, 0.4) is 0 Å². The van der Waals surface area contributed by atoms with Gasteiger partial charge in [0.25, 0.3) is 5.91 Å². The Balaban J connectivity index is 2.08. The molecule has 1 amide bonds. The summed E-state index contributed by atoms with van der Waals surface area (Å²) < 4.78 is 5.24. The van der Waals surface area contributed by atoms with Crippen molar-refractivity contribution in [2.45, 2.75) is 19.8 Å². The zero-order chi connectivity index (χ0) is 13.0. The Morgan fingerprint density at radius 1 is 1.56 bits per heavy atom. The number of hydrogen-bond donors (Lipinski definition) is 1. The minimum atomic E-state index is -0.0718. The summed E-state index contributed by atoms with van der Waals surface area (Å²) in [5, 5.41) is 6.83. The summed E-state index contributed by atoms with van der Waals surface area (Å²) in [4.78, 5) is 13.7. The third-order valence-corrected chi connectivity index (χ3v) is 2.78. The Morgan fingerprint density at radius 3 is 3.06 bits per heavy atom. The number of aromatic amines is 1. The maximum atomic E-state index is 12.0. The molecule has 2 rings (SSSR count). The Kier molecular flexibility index (Phi) is 3.82. The van der Waals surface area contributed by atoms with E-state index in [0.717, 1.165) is 19.4 Å². The Hall–Kier alpha value is -2.04. The summed E-state index contributed by atoms with van der Waals surface area (Å²) in [5.74, 6) is 0.607. The van der Waals surface area contributed by atoms with E-state index in [1.54, 1.807) is 30.3 Å². The molecule has 0 unspecified atom stereocenters. The number of furan rings is 1. The molecule has 2 aromatic heterocycles. The van der Waals surface area contributed by atoms with E-state index >= 15 is 0 Å². The average Bonchev–Trinajstić information content (AvgIpc) is 3.04. The van der Waals surface area contributed by atoms with Gasteiger partial charge in [-0.25, -0.2) is 0 Å². The van der Waals surface area contributed by atoms with Gasteiger partial charge in [0.05, 0.1) is 6.26 Å². The van der Waals surface area contributed by atoms with Crippen molar-refractivity contribution in [2.24, 2.45) is 0 Å². The molecule has 0 radical (unpaired) electrons. The molecule has 0 spiro atoms. The van der Waals surface area contributed by atoms with Crippen molar-refractivity contribution in [1.29, 1.82) is 0 Å². The first kappa shape index (κ1) is 12.4. The molecule has 2 aromatic rings. The van der Waals surface area contributed by atoms with Crippen LogP contribution in [0.4, 0.5) is 0 Å². The standard InChI is InChI=1S/C13H17N3O2/c1-3-4-7-16(2)13(17)11-9-10(14-15-11)12-6-5-8-18-12/h5-6,8-9H,3-4,7H2,1-2H3,(H,14,15). The fourth-order valence-electron chi connectivity index (χ4n) is 1.68. The fourth-order valence-corrected chi connectivity index (χ4v) is 1.68. The number of nitrogens with zero attached hydrogens (tertiary/aromatic N) is 2. The average molecular weight is 247 g/mol. The molecule has 1 N–H and O–H groups in total. The highest BCUT2D eigenvalue weighted by atomic mass is 16.3. The Morgan fingerprint density at radius 2 is 2.39 bits per heavy atom. The molecule has 5 nitrogen and oxygen atoms in total. The predicted molar refractivity (Wildman–Crippen MR) is 68.2 cm³/mol. The number of amides is 1. The van der Waals surface area contributed by atoms with Crippen LogP contribution in [0.15, 0.2) is 28.9 Å². The maximum Gasteiger partial charge on any atom is 0.274 e. The summed E-state index contributed by atoms with van der Waals surface area (Å²) in [6.45, 7) is 2.85. The summed E-state index contributed by atoms with van der Waals surface area (Å²) >= 11 is 0. The molecule has 18 heavy (non-hydrogen) atoms. The van der Waals surface area contributed by atoms with Crippen LogP contribution in [0.5, 0.6) is 0 Å². The molecule has 5 heteroatoms. The van der Waals surface area contributed by atoms with Crippen LogP contribution >= 0.6 is 0 Å². The number of H-pyrrole nitrogens is 1. The lowest BCUT2D eigenvalue weighted by molar-refractivity contribution is 0.0787. The zero-order valence-corrected chi connectivity index (χ0v) is 10.6. The second kappa shape index (κ2) is 5.53. The molecule has 0 bridgehead atoms. The molecule has 96 valence electrons. The molecule has 0 aliphatic rings. The molecule has 0 aliphatic heterocycles. The van der Waals surface area contributed by atoms with Gasteiger partial charge in [0.2, 0.25) is 0 Å². The Bertz CT molecular complexity index is 502. The quantitative estimate of drug-likeness (QED) is 0.883. The summed E-state index contributed by atoms with van der Waals surface area (Å²) in [6, 6.07) is 5.33. The molecule has 2 heterocycles. The minimum Gasteiger partial charge on any atom is -0.463 e. The maximum absolute atomic E-state index is 12.0. The van der Waals surface area contributed by atoms with Gasteiger partial charge in [-0.3, -0.25) is 9.89 Å². The van der Waals surface area contributed by atoms with Gasteiger partial charge in [0.15, 0.2) is 11.5 Å². The highest BCUT2D eigenvalue weighted by Crippen LogP contribution is 2.18. The van der Waals surface area contributed by atoms with Crippen molar-refractivity contribution in [3.05, 3.63) is 30.2 Å². The second-order valence-electron chi connectivity index (χ2n) is 4.22. The van der Waals surface area contributed by atoms with Gasteiger partial charge < -0.3 is 9.32 Å². The van der Waals surface area contributed by atoms with Crippen LogP contribution in [0, 0.1) is 0 Å². The smallest absolute Gasteiger partial charge is 0.274 e. The van der Waals surface area contributed by atoms with Gasteiger partial charge in [-0.2, -0.15) is 5.10 Å². The molecule has 0 aromatic carbocycles. The number of hydrogen-bond acceptors (Lipinski definition) is 3. The lowest BCUT2D eigenvalue weighted by atomic mass is 10.2. The number of unbranched alkanes of at least 4 members (excludes halogenated alkanes) is 1. The molecule has 0 atom stereocenters. The van der Waals surface area contributed by atoms with E-state index in [1.165, 1.54) is 0 Å². The fraction of sp³-hybridized carbons (Fsp3) is 0.385.